The standard InChI is InChI=1S/C17H19N3O/c1-2-6-16(7-3-1)19-11-13-20(14-12-19)18-10-4-8-17-9-5-15-21-17/h1-10,15H,11-14H2/b8-4+,18-10-. The Balaban J connectivity index is 1.47. The van der Waals surface area contributed by atoms with Crippen LogP contribution in [0.5, 0.6) is 0 Å². The number of para-hydroxylation sites is 1. The van der Waals surface area contributed by atoms with Crippen LogP contribution in [-0.2, 0) is 0 Å². The predicted molar refractivity (Wildman–Crippen MR) is 86.5 cm³/mol. The molecule has 1 fully saturated rings. The van der Waals surface area contributed by atoms with Crippen LogP contribution in [0.25, 0.3) is 6.08 Å². The lowest BCUT2D eigenvalue weighted by Gasteiger charge is -2.34. The molecule has 0 N–H and O–H groups in total. The fraction of sp³-hybridized carbons (Fsp3) is 0.235. The fourth-order valence-corrected chi connectivity index (χ4v) is 2.37. The third-order valence-electron chi connectivity index (χ3n) is 3.50. The zero-order chi connectivity index (χ0) is 14.3. The van der Waals surface area contributed by atoms with Crippen LogP contribution in [0.15, 0.2) is 64.3 Å². The van der Waals surface area contributed by atoms with Crippen molar-refractivity contribution in [2.45, 2.75) is 0 Å². The highest BCUT2D eigenvalue weighted by atomic mass is 16.3. The molecule has 1 saturated heterocycles. The molecule has 1 aromatic carbocycles. The van der Waals surface area contributed by atoms with Crippen molar-refractivity contribution in [3.05, 3.63) is 60.6 Å². The minimum Gasteiger partial charge on any atom is -0.465 e. The summed E-state index contributed by atoms with van der Waals surface area (Å²) < 4.78 is 5.22. The highest BCUT2D eigenvalue weighted by Crippen LogP contribution is 2.15. The summed E-state index contributed by atoms with van der Waals surface area (Å²) in [5.41, 5.74) is 1.29. The molecule has 0 spiro atoms. The summed E-state index contributed by atoms with van der Waals surface area (Å²) >= 11 is 0. The molecule has 3 rings (SSSR count). The molecule has 0 radical (unpaired) electrons. The van der Waals surface area contributed by atoms with Gasteiger partial charge in [-0.1, -0.05) is 18.2 Å². The molecule has 1 aliphatic heterocycles. The van der Waals surface area contributed by atoms with Gasteiger partial charge in [-0.2, -0.15) is 5.10 Å². The zero-order valence-corrected chi connectivity index (χ0v) is 11.9. The second kappa shape index (κ2) is 6.79. The maximum Gasteiger partial charge on any atom is 0.126 e. The first-order valence-electron chi connectivity index (χ1n) is 7.21. The largest absolute Gasteiger partial charge is 0.465 e. The molecular weight excluding hydrogens is 262 g/mol. The van der Waals surface area contributed by atoms with Crippen molar-refractivity contribution in [1.82, 2.24) is 5.01 Å². The zero-order valence-electron chi connectivity index (χ0n) is 11.9. The van der Waals surface area contributed by atoms with Crippen molar-refractivity contribution < 1.29 is 4.42 Å². The van der Waals surface area contributed by atoms with Crippen molar-refractivity contribution in [3.8, 4) is 0 Å². The van der Waals surface area contributed by atoms with Crippen LogP contribution in [0.1, 0.15) is 5.76 Å². The summed E-state index contributed by atoms with van der Waals surface area (Å²) in [7, 11) is 0. The Morgan fingerprint density at radius 2 is 1.76 bits per heavy atom. The molecule has 2 heterocycles. The molecule has 0 saturated carbocycles. The van der Waals surface area contributed by atoms with Gasteiger partial charge in [0.15, 0.2) is 0 Å². The Labute approximate surface area is 125 Å². The number of anilines is 1. The Morgan fingerprint density at radius 1 is 0.952 bits per heavy atom. The van der Waals surface area contributed by atoms with Crippen molar-refractivity contribution in [2.75, 3.05) is 31.1 Å². The van der Waals surface area contributed by atoms with Crippen molar-refractivity contribution >= 4 is 18.0 Å². The Kier molecular flexibility index (Phi) is 4.36. The second-order valence-corrected chi connectivity index (χ2v) is 4.92. The quantitative estimate of drug-likeness (QED) is 0.807. The normalized spacial score (nSPS) is 16.2. The number of hydrogen-bond donors (Lipinski definition) is 0. The van der Waals surface area contributed by atoms with Crippen molar-refractivity contribution in [2.24, 2.45) is 5.10 Å². The van der Waals surface area contributed by atoms with Crippen LogP contribution in [0.4, 0.5) is 5.69 Å². The minimum absolute atomic E-state index is 0.843. The maximum atomic E-state index is 5.22. The lowest BCUT2D eigenvalue weighted by Crippen LogP contribution is -2.44. The van der Waals surface area contributed by atoms with Crippen molar-refractivity contribution in [3.63, 3.8) is 0 Å². The number of hydrogen-bond acceptors (Lipinski definition) is 4. The van der Waals surface area contributed by atoms with E-state index in [4.69, 9.17) is 4.42 Å². The van der Waals surface area contributed by atoms with E-state index in [1.807, 2.05) is 30.5 Å². The molecule has 0 unspecified atom stereocenters. The van der Waals surface area contributed by atoms with Crippen LogP contribution in [0.3, 0.4) is 0 Å². The molecule has 0 amide bonds. The molecule has 1 aliphatic rings. The van der Waals surface area contributed by atoms with E-state index in [2.05, 4.69) is 45.3 Å². The number of nitrogens with zero attached hydrogens (tertiary/aromatic N) is 3. The molecule has 0 bridgehead atoms. The van der Waals surface area contributed by atoms with Gasteiger partial charge in [-0.05, 0) is 36.4 Å². The van der Waals surface area contributed by atoms with E-state index in [1.165, 1.54) is 5.69 Å². The second-order valence-electron chi connectivity index (χ2n) is 4.92. The van der Waals surface area contributed by atoms with Crippen LogP contribution >= 0.6 is 0 Å². The molecule has 2 aromatic rings. The smallest absolute Gasteiger partial charge is 0.126 e. The summed E-state index contributed by atoms with van der Waals surface area (Å²) in [6.07, 6.45) is 7.30. The SMILES string of the molecule is C(/C=C/c1ccco1)=N/N1CCN(c2ccccc2)CC1. The summed E-state index contributed by atoms with van der Waals surface area (Å²) in [4.78, 5) is 2.39. The van der Waals surface area contributed by atoms with Gasteiger partial charge in [-0.25, -0.2) is 0 Å². The van der Waals surface area contributed by atoms with Gasteiger partial charge in [-0.15, -0.1) is 0 Å². The van der Waals surface area contributed by atoms with E-state index in [0.29, 0.717) is 0 Å². The van der Waals surface area contributed by atoms with Crippen molar-refractivity contribution in [1.29, 1.82) is 0 Å². The maximum absolute atomic E-state index is 5.22. The number of furan rings is 1. The van der Waals surface area contributed by atoms with Crippen LogP contribution in [0, 0.1) is 0 Å². The molecule has 1 aromatic heterocycles. The number of allylic oxidation sites excluding steroid dienone is 1. The lowest BCUT2D eigenvalue weighted by molar-refractivity contribution is 0.272. The number of hydrazone groups is 1. The summed E-state index contributed by atoms with van der Waals surface area (Å²) in [5, 5.41) is 6.57. The Morgan fingerprint density at radius 3 is 2.48 bits per heavy atom. The third-order valence-corrected chi connectivity index (χ3v) is 3.50. The van der Waals surface area contributed by atoms with Crippen LogP contribution in [0.2, 0.25) is 0 Å². The average molecular weight is 281 g/mol. The Bertz CT molecular complexity index is 582. The van der Waals surface area contributed by atoms with Gasteiger partial charge < -0.3 is 9.32 Å². The van der Waals surface area contributed by atoms with Crippen LogP contribution < -0.4 is 4.90 Å². The molecule has 4 heteroatoms. The van der Waals surface area contributed by atoms with Crippen LogP contribution in [-0.4, -0.2) is 37.4 Å². The number of benzene rings is 1. The minimum atomic E-state index is 0.843. The van der Waals surface area contributed by atoms with E-state index in [9.17, 15) is 0 Å². The number of piperazine rings is 1. The van der Waals surface area contributed by atoms with Gasteiger partial charge in [0.05, 0.1) is 19.4 Å². The molecule has 0 atom stereocenters. The van der Waals surface area contributed by atoms with E-state index < -0.39 is 0 Å². The molecule has 0 aliphatic carbocycles. The van der Waals surface area contributed by atoms with Gasteiger partial charge >= 0.3 is 0 Å². The number of rotatable bonds is 4. The third kappa shape index (κ3) is 3.75. The molecule has 21 heavy (non-hydrogen) atoms. The first-order chi connectivity index (χ1) is 10.4. The fourth-order valence-electron chi connectivity index (χ4n) is 2.37. The van der Waals surface area contributed by atoms with Gasteiger partial charge in [0.25, 0.3) is 0 Å². The van der Waals surface area contributed by atoms with Gasteiger partial charge in [0.2, 0.25) is 0 Å². The van der Waals surface area contributed by atoms with Gasteiger partial charge in [0.1, 0.15) is 5.76 Å². The van der Waals surface area contributed by atoms with E-state index in [1.54, 1.807) is 6.26 Å². The van der Waals surface area contributed by atoms with E-state index in [0.717, 1.165) is 31.9 Å². The lowest BCUT2D eigenvalue weighted by atomic mass is 10.2. The first kappa shape index (κ1) is 13.5. The molecular formula is C17H19N3O. The van der Waals surface area contributed by atoms with E-state index >= 15 is 0 Å². The summed E-state index contributed by atoms with van der Waals surface area (Å²) in [6.45, 7) is 3.90. The average Bonchev–Trinajstić information content (AvgIpc) is 3.06. The highest BCUT2D eigenvalue weighted by Gasteiger charge is 2.14. The molecule has 108 valence electrons. The summed E-state index contributed by atoms with van der Waals surface area (Å²) in [6, 6.07) is 14.3. The summed E-state index contributed by atoms with van der Waals surface area (Å²) in [5.74, 6) is 0.843. The molecule has 4 nitrogen and oxygen atoms in total. The monoisotopic (exact) mass is 281 g/mol. The topological polar surface area (TPSA) is 32.0 Å². The highest BCUT2D eigenvalue weighted by molar-refractivity contribution is 5.77. The predicted octanol–water partition coefficient (Wildman–Crippen LogP) is 3.10. The van der Waals surface area contributed by atoms with Gasteiger partial charge in [0, 0.05) is 25.0 Å². The first-order valence-corrected chi connectivity index (χ1v) is 7.21. The van der Waals surface area contributed by atoms with Gasteiger partial charge in [-0.3, -0.25) is 5.01 Å². The Hall–Kier alpha value is -2.49. The van der Waals surface area contributed by atoms with E-state index in [-0.39, 0.29) is 0 Å².